The Morgan fingerprint density at radius 2 is 1.67 bits per heavy atom. The number of aliphatic hydroxyl groups excluding tert-OH is 1. The van der Waals surface area contributed by atoms with Crippen LogP contribution in [-0.2, 0) is 4.74 Å². The van der Waals surface area contributed by atoms with E-state index in [1.165, 1.54) is 75.3 Å². The predicted molar refractivity (Wildman–Crippen MR) is 163 cm³/mol. The molecule has 1 N–H and O–H groups in total. The first-order chi connectivity index (χ1) is 18.5. The van der Waals surface area contributed by atoms with Gasteiger partial charge in [-0.15, -0.1) is 0 Å². The van der Waals surface area contributed by atoms with Crippen LogP contribution in [0.1, 0.15) is 128 Å². The molecule has 9 unspecified atom stereocenters. The van der Waals surface area contributed by atoms with Crippen molar-refractivity contribution in [1.82, 2.24) is 0 Å². The van der Waals surface area contributed by atoms with E-state index in [-0.39, 0.29) is 0 Å². The Morgan fingerprint density at radius 1 is 0.923 bits per heavy atom. The molecule has 1 aromatic carbocycles. The van der Waals surface area contributed by atoms with Crippen LogP contribution in [-0.4, -0.2) is 11.7 Å². The maximum Gasteiger partial charge on any atom is 0.181 e. The molecule has 218 valence electrons. The van der Waals surface area contributed by atoms with Gasteiger partial charge < -0.3 is 9.84 Å². The fourth-order valence-corrected chi connectivity index (χ4v) is 10.4. The minimum Gasteiger partial charge on any atom is -0.364 e. The van der Waals surface area contributed by atoms with Gasteiger partial charge in [-0.3, -0.25) is 0 Å². The van der Waals surface area contributed by atoms with Crippen LogP contribution in [0.2, 0.25) is 0 Å². The molecule has 3 saturated carbocycles. The molecule has 0 aliphatic heterocycles. The summed E-state index contributed by atoms with van der Waals surface area (Å²) >= 11 is 0. The zero-order valence-corrected chi connectivity index (χ0v) is 26.3. The number of rotatable bonds is 9. The van der Waals surface area contributed by atoms with Crippen LogP contribution in [0.25, 0.3) is 0 Å². The highest BCUT2D eigenvalue weighted by molar-refractivity contribution is 5.29. The number of fused-ring (bicyclic) bond motifs is 5. The Kier molecular flexibility index (Phi) is 8.76. The Hall–Kier alpha value is -1.12. The standard InChI is InChI=1S/C37H58O2/c1-24(2)9-8-10-27(5)32-13-14-33-31-12-11-30-22-28(15-17-36(30,6)34(31)16-18-37(32,33)7)23-39-35(38)29-20-25(3)19-26(4)21-29/h11,19-21,24,27-28,31-35,38H,8-10,12-18,22-23H2,1-7H3. The van der Waals surface area contributed by atoms with Gasteiger partial charge in [0.1, 0.15) is 0 Å². The maximum absolute atomic E-state index is 10.7. The smallest absolute Gasteiger partial charge is 0.181 e. The average Bonchev–Trinajstić information content (AvgIpc) is 3.23. The molecule has 0 saturated heterocycles. The zero-order chi connectivity index (χ0) is 27.9. The maximum atomic E-state index is 10.7. The lowest BCUT2D eigenvalue weighted by Gasteiger charge is -2.58. The van der Waals surface area contributed by atoms with E-state index in [1.54, 1.807) is 5.57 Å². The van der Waals surface area contributed by atoms with Crippen molar-refractivity contribution in [3.8, 4) is 0 Å². The van der Waals surface area contributed by atoms with Crippen LogP contribution in [0, 0.1) is 66.1 Å². The van der Waals surface area contributed by atoms with Crippen LogP contribution in [0.3, 0.4) is 0 Å². The molecule has 9 atom stereocenters. The van der Waals surface area contributed by atoms with Gasteiger partial charge in [0, 0.05) is 5.56 Å². The molecule has 2 nitrogen and oxygen atoms in total. The minimum absolute atomic E-state index is 0.383. The molecule has 2 heteroatoms. The van der Waals surface area contributed by atoms with Crippen molar-refractivity contribution in [2.45, 2.75) is 125 Å². The highest BCUT2D eigenvalue weighted by Crippen LogP contribution is 2.67. The normalized spacial score (nSPS) is 37.6. The van der Waals surface area contributed by atoms with Gasteiger partial charge in [-0.1, -0.05) is 94.9 Å². The first-order valence-corrected chi connectivity index (χ1v) is 16.6. The summed E-state index contributed by atoms with van der Waals surface area (Å²) in [4.78, 5) is 0. The van der Waals surface area contributed by atoms with Gasteiger partial charge >= 0.3 is 0 Å². The fourth-order valence-electron chi connectivity index (χ4n) is 10.4. The summed E-state index contributed by atoms with van der Waals surface area (Å²) in [5, 5.41) is 10.7. The molecule has 5 rings (SSSR count). The molecule has 39 heavy (non-hydrogen) atoms. The number of hydrogen-bond acceptors (Lipinski definition) is 2. The Morgan fingerprint density at radius 3 is 2.38 bits per heavy atom. The predicted octanol–water partition coefficient (Wildman–Crippen LogP) is 9.97. The topological polar surface area (TPSA) is 29.5 Å². The van der Waals surface area contributed by atoms with Crippen LogP contribution in [0.15, 0.2) is 29.8 Å². The molecule has 4 aliphatic rings. The number of allylic oxidation sites excluding steroid dienone is 2. The summed E-state index contributed by atoms with van der Waals surface area (Å²) in [5.74, 6) is 5.88. The highest BCUT2D eigenvalue weighted by atomic mass is 16.6. The molecule has 0 amide bonds. The Bertz CT molecular complexity index is 1000. The van der Waals surface area contributed by atoms with E-state index in [4.69, 9.17) is 4.74 Å². The van der Waals surface area contributed by atoms with Gasteiger partial charge in [-0.25, -0.2) is 0 Å². The van der Waals surface area contributed by atoms with Crippen LogP contribution in [0.5, 0.6) is 0 Å². The van der Waals surface area contributed by atoms with Crippen molar-refractivity contribution >= 4 is 0 Å². The lowest BCUT2D eigenvalue weighted by molar-refractivity contribution is -0.118. The van der Waals surface area contributed by atoms with Crippen molar-refractivity contribution in [1.29, 1.82) is 0 Å². The SMILES string of the molecule is Cc1cc(C)cc(C(O)OCC2CCC3(C)C(=CCC4C3CCC3(C)C(C(C)CCCC(C)C)CCC43)C2)c1. The molecule has 0 radical (unpaired) electrons. The second kappa shape index (κ2) is 11.6. The number of aliphatic hydroxyl groups is 1. The number of ether oxygens (including phenoxy) is 1. The number of aryl methyl sites for hydroxylation is 2. The molecular formula is C37H58O2. The molecule has 0 aromatic heterocycles. The third-order valence-corrected chi connectivity index (χ3v) is 12.4. The van der Waals surface area contributed by atoms with E-state index in [1.807, 2.05) is 0 Å². The van der Waals surface area contributed by atoms with Crippen molar-refractivity contribution in [3.63, 3.8) is 0 Å². The summed E-state index contributed by atoms with van der Waals surface area (Å²) in [6.45, 7) is 17.5. The van der Waals surface area contributed by atoms with Gasteiger partial charge in [0.25, 0.3) is 0 Å². The van der Waals surface area contributed by atoms with E-state index < -0.39 is 6.29 Å². The summed E-state index contributed by atoms with van der Waals surface area (Å²) in [6, 6.07) is 6.25. The van der Waals surface area contributed by atoms with Gasteiger partial charge in [-0.05, 0) is 117 Å². The molecule has 1 aromatic rings. The van der Waals surface area contributed by atoms with Gasteiger partial charge in [0.05, 0.1) is 6.61 Å². The van der Waals surface area contributed by atoms with E-state index in [9.17, 15) is 5.11 Å². The van der Waals surface area contributed by atoms with Crippen LogP contribution in [0.4, 0.5) is 0 Å². The molecule has 4 aliphatic carbocycles. The summed E-state index contributed by atoms with van der Waals surface area (Å²) in [5.41, 5.74) is 5.93. The van der Waals surface area contributed by atoms with Gasteiger partial charge in [0.2, 0.25) is 0 Å². The Labute approximate surface area is 240 Å². The van der Waals surface area contributed by atoms with Crippen molar-refractivity contribution < 1.29 is 9.84 Å². The monoisotopic (exact) mass is 534 g/mol. The van der Waals surface area contributed by atoms with E-state index >= 15 is 0 Å². The van der Waals surface area contributed by atoms with Crippen molar-refractivity contribution in [2.75, 3.05) is 6.61 Å². The lowest BCUT2D eigenvalue weighted by Crippen LogP contribution is -2.50. The Balaban J connectivity index is 1.21. The molecule has 0 heterocycles. The third-order valence-electron chi connectivity index (χ3n) is 12.4. The van der Waals surface area contributed by atoms with E-state index in [0.717, 1.165) is 47.5 Å². The van der Waals surface area contributed by atoms with Crippen molar-refractivity contribution in [2.24, 2.45) is 52.3 Å². The minimum atomic E-state index is -0.819. The quantitative estimate of drug-likeness (QED) is 0.252. The third kappa shape index (κ3) is 5.81. The fraction of sp³-hybridized carbons (Fsp3) is 0.784. The second-order valence-corrected chi connectivity index (χ2v) is 15.5. The first kappa shape index (κ1) is 29.4. The molecule has 0 bridgehead atoms. The molecule has 0 spiro atoms. The first-order valence-electron chi connectivity index (χ1n) is 16.6. The number of benzene rings is 1. The zero-order valence-electron chi connectivity index (χ0n) is 26.3. The molecular weight excluding hydrogens is 476 g/mol. The summed E-state index contributed by atoms with van der Waals surface area (Å²) in [7, 11) is 0. The van der Waals surface area contributed by atoms with Gasteiger partial charge in [-0.2, -0.15) is 0 Å². The average molecular weight is 535 g/mol. The van der Waals surface area contributed by atoms with Crippen LogP contribution >= 0.6 is 0 Å². The van der Waals surface area contributed by atoms with Crippen molar-refractivity contribution in [3.05, 3.63) is 46.5 Å². The van der Waals surface area contributed by atoms with E-state index in [2.05, 4.69) is 72.7 Å². The second-order valence-electron chi connectivity index (χ2n) is 15.5. The van der Waals surface area contributed by atoms with Gasteiger partial charge in [0.15, 0.2) is 6.29 Å². The molecule has 3 fully saturated rings. The lowest BCUT2D eigenvalue weighted by atomic mass is 9.46. The summed E-state index contributed by atoms with van der Waals surface area (Å²) in [6.07, 6.45) is 17.0. The van der Waals surface area contributed by atoms with E-state index in [0.29, 0.717) is 23.4 Å². The van der Waals surface area contributed by atoms with Crippen LogP contribution < -0.4 is 0 Å². The largest absolute Gasteiger partial charge is 0.364 e. The highest BCUT2D eigenvalue weighted by Gasteiger charge is 2.59. The number of hydrogen-bond donors (Lipinski definition) is 1. The summed E-state index contributed by atoms with van der Waals surface area (Å²) < 4.78 is 6.07.